The molecule has 17 heavy (non-hydrogen) atoms. The largest absolute Gasteiger partial charge is 0.396 e. The third-order valence-electron chi connectivity index (χ3n) is 2.70. The minimum absolute atomic E-state index is 0.669. The van der Waals surface area contributed by atoms with E-state index in [2.05, 4.69) is 24.0 Å². The van der Waals surface area contributed by atoms with Crippen LogP contribution in [0.15, 0.2) is 18.6 Å². The van der Waals surface area contributed by atoms with Gasteiger partial charge in [0, 0.05) is 31.5 Å². The predicted molar refractivity (Wildman–Crippen MR) is 68.3 cm³/mol. The van der Waals surface area contributed by atoms with Crippen molar-refractivity contribution >= 4 is 5.69 Å². The zero-order chi connectivity index (χ0) is 12.4. The zero-order valence-corrected chi connectivity index (χ0v) is 10.6. The van der Waals surface area contributed by atoms with Crippen LogP contribution in [0.5, 0.6) is 0 Å². The van der Waals surface area contributed by atoms with E-state index in [1.165, 1.54) is 0 Å². The number of nitrogen functional groups attached to an aromatic ring is 1. The molecule has 2 N–H and O–H groups in total. The number of anilines is 1. The van der Waals surface area contributed by atoms with E-state index < -0.39 is 0 Å². The quantitative estimate of drug-likeness (QED) is 0.877. The van der Waals surface area contributed by atoms with Crippen molar-refractivity contribution < 1.29 is 0 Å². The van der Waals surface area contributed by atoms with Gasteiger partial charge in [0.05, 0.1) is 11.9 Å². The summed E-state index contributed by atoms with van der Waals surface area (Å²) in [7, 11) is 1.88. The summed E-state index contributed by atoms with van der Waals surface area (Å²) >= 11 is 0. The van der Waals surface area contributed by atoms with Gasteiger partial charge in [-0.15, -0.1) is 0 Å². The van der Waals surface area contributed by atoms with Crippen molar-refractivity contribution in [3.05, 3.63) is 18.6 Å². The molecule has 0 unspecified atom stereocenters. The van der Waals surface area contributed by atoms with Crippen LogP contribution in [0.2, 0.25) is 0 Å². The van der Waals surface area contributed by atoms with Crippen LogP contribution in [-0.4, -0.2) is 19.6 Å². The summed E-state index contributed by atoms with van der Waals surface area (Å²) in [5.41, 5.74) is 8.47. The van der Waals surface area contributed by atoms with Crippen LogP contribution in [0.4, 0.5) is 5.69 Å². The lowest BCUT2D eigenvalue weighted by atomic mass is 10.1. The fraction of sp³-hybridized carbons (Fsp3) is 0.500. The lowest BCUT2D eigenvalue weighted by Crippen LogP contribution is -2.01. The Hall–Kier alpha value is -1.78. The Balaban J connectivity index is 2.19. The summed E-state index contributed by atoms with van der Waals surface area (Å²) in [6.45, 7) is 5.31. The van der Waals surface area contributed by atoms with Gasteiger partial charge in [0.15, 0.2) is 0 Å². The Labute approximate surface area is 101 Å². The monoisotopic (exact) mass is 233 g/mol. The molecular weight excluding hydrogens is 214 g/mol. The maximum atomic E-state index is 5.97. The molecule has 0 fully saturated rings. The average Bonchev–Trinajstić information content (AvgIpc) is 2.82. The first-order valence-corrected chi connectivity index (χ1v) is 5.88. The average molecular weight is 233 g/mol. The third-order valence-corrected chi connectivity index (χ3v) is 2.70. The second-order valence-electron chi connectivity index (χ2n) is 4.78. The minimum Gasteiger partial charge on any atom is -0.396 e. The number of aromatic nitrogens is 4. The van der Waals surface area contributed by atoms with Crippen molar-refractivity contribution in [1.29, 1.82) is 0 Å². The summed E-state index contributed by atoms with van der Waals surface area (Å²) < 4.78 is 3.67. The SMILES string of the molecule is CC(C)CCn1cc(N)c(-c2cnn(C)c2)n1. The Morgan fingerprint density at radius 2 is 2.12 bits per heavy atom. The van der Waals surface area contributed by atoms with Crippen molar-refractivity contribution in [2.75, 3.05) is 5.73 Å². The highest BCUT2D eigenvalue weighted by atomic mass is 15.3. The van der Waals surface area contributed by atoms with E-state index in [0.717, 1.165) is 24.2 Å². The van der Waals surface area contributed by atoms with Crippen LogP contribution in [0.25, 0.3) is 11.3 Å². The molecular formula is C12H19N5. The highest BCUT2D eigenvalue weighted by Crippen LogP contribution is 2.23. The maximum absolute atomic E-state index is 5.97. The molecule has 0 amide bonds. The van der Waals surface area contributed by atoms with E-state index >= 15 is 0 Å². The second kappa shape index (κ2) is 4.61. The first-order chi connectivity index (χ1) is 8.06. The Morgan fingerprint density at radius 1 is 1.35 bits per heavy atom. The van der Waals surface area contributed by atoms with Crippen LogP contribution >= 0.6 is 0 Å². The van der Waals surface area contributed by atoms with Crippen molar-refractivity contribution in [2.24, 2.45) is 13.0 Å². The van der Waals surface area contributed by atoms with Crippen LogP contribution in [0, 0.1) is 5.92 Å². The highest BCUT2D eigenvalue weighted by Gasteiger charge is 2.10. The van der Waals surface area contributed by atoms with Gasteiger partial charge in [0.25, 0.3) is 0 Å². The lowest BCUT2D eigenvalue weighted by molar-refractivity contribution is 0.488. The van der Waals surface area contributed by atoms with E-state index in [1.54, 1.807) is 10.9 Å². The van der Waals surface area contributed by atoms with Crippen molar-refractivity contribution in [3.8, 4) is 11.3 Å². The Morgan fingerprint density at radius 3 is 2.71 bits per heavy atom. The summed E-state index contributed by atoms with van der Waals surface area (Å²) in [5.74, 6) is 0.669. The van der Waals surface area contributed by atoms with Gasteiger partial charge < -0.3 is 5.73 Å². The Bertz CT molecular complexity index is 495. The maximum Gasteiger partial charge on any atom is 0.118 e. The molecule has 0 saturated carbocycles. The first-order valence-electron chi connectivity index (χ1n) is 5.88. The fourth-order valence-electron chi connectivity index (χ4n) is 1.71. The van der Waals surface area contributed by atoms with E-state index in [1.807, 2.05) is 24.1 Å². The smallest absolute Gasteiger partial charge is 0.118 e. The summed E-state index contributed by atoms with van der Waals surface area (Å²) in [4.78, 5) is 0. The van der Waals surface area contributed by atoms with Crippen LogP contribution in [0.3, 0.4) is 0 Å². The molecule has 0 aromatic carbocycles. The van der Waals surface area contributed by atoms with Gasteiger partial charge in [-0.1, -0.05) is 13.8 Å². The number of nitrogens with two attached hydrogens (primary N) is 1. The summed E-state index contributed by atoms with van der Waals surface area (Å²) in [5, 5.41) is 8.63. The Kier molecular flexibility index (Phi) is 3.17. The molecule has 2 heterocycles. The van der Waals surface area contributed by atoms with Crippen molar-refractivity contribution in [3.63, 3.8) is 0 Å². The number of aryl methyl sites for hydroxylation is 2. The molecule has 0 radical (unpaired) electrons. The molecule has 0 aliphatic rings. The molecule has 2 aromatic rings. The number of hydrogen-bond acceptors (Lipinski definition) is 3. The molecule has 92 valence electrons. The predicted octanol–water partition coefficient (Wildman–Crippen LogP) is 1.91. The van der Waals surface area contributed by atoms with Gasteiger partial charge >= 0.3 is 0 Å². The molecule has 2 rings (SSSR count). The number of nitrogens with zero attached hydrogens (tertiary/aromatic N) is 4. The van der Waals surface area contributed by atoms with E-state index in [4.69, 9.17) is 5.73 Å². The first kappa shape index (κ1) is 11.7. The van der Waals surface area contributed by atoms with Crippen molar-refractivity contribution in [1.82, 2.24) is 19.6 Å². The van der Waals surface area contributed by atoms with E-state index in [-0.39, 0.29) is 0 Å². The molecule has 0 bridgehead atoms. The third kappa shape index (κ3) is 2.67. The molecule has 5 nitrogen and oxygen atoms in total. The van der Waals surface area contributed by atoms with Gasteiger partial charge in [0.1, 0.15) is 5.69 Å². The van der Waals surface area contributed by atoms with Gasteiger partial charge in [-0.2, -0.15) is 10.2 Å². The summed E-state index contributed by atoms with van der Waals surface area (Å²) in [6, 6.07) is 0. The second-order valence-corrected chi connectivity index (χ2v) is 4.78. The fourth-order valence-corrected chi connectivity index (χ4v) is 1.71. The summed E-state index contributed by atoms with van der Waals surface area (Å²) in [6.07, 6.45) is 6.70. The van der Waals surface area contributed by atoms with Gasteiger partial charge in [-0.25, -0.2) is 0 Å². The lowest BCUT2D eigenvalue weighted by Gasteiger charge is -2.03. The minimum atomic E-state index is 0.669. The van der Waals surface area contributed by atoms with E-state index in [0.29, 0.717) is 11.6 Å². The van der Waals surface area contributed by atoms with Crippen LogP contribution < -0.4 is 5.73 Å². The van der Waals surface area contributed by atoms with E-state index in [9.17, 15) is 0 Å². The molecule has 0 aliphatic carbocycles. The zero-order valence-electron chi connectivity index (χ0n) is 10.6. The van der Waals surface area contributed by atoms with Gasteiger partial charge in [-0.05, 0) is 12.3 Å². The van der Waals surface area contributed by atoms with Gasteiger partial charge in [-0.3, -0.25) is 9.36 Å². The highest BCUT2D eigenvalue weighted by molar-refractivity contribution is 5.70. The number of rotatable bonds is 4. The molecule has 0 atom stereocenters. The molecule has 2 aromatic heterocycles. The van der Waals surface area contributed by atoms with Crippen molar-refractivity contribution in [2.45, 2.75) is 26.8 Å². The molecule has 5 heteroatoms. The van der Waals surface area contributed by atoms with Crippen LogP contribution in [0.1, 0.15) is 20.3 Å². The molecule has 0 spiro atoms. The molecule has 0 aliphatic heterocycles. The normalized spacial score (nSPS) is 11.3. The molecule has 0 saturated heterocycles. The van der Waals surface area contributed by atoms with Crippen LogP contribution in [-0.2, 0) is 13.6 Å². The standard InChI is InChI=1S/C12H19N5/c1-9(2)4-5-17-8-11(13)12(15-17)10-6-14-16(3)7-10/h6-9H,4-5,13H2,1-3H3. The number of hydrogen-bond donors (Lipinski definition) is 1. The topological polar surface area (TPSA) is 61.7 Å². The van der Waals surface area contributed by atoms with Gasteiger partial charge in [0.2, 0.25) is 0 Å².